The highest BCUT2D eigenvalue weighted by molar-refractivity contribution is 6.32. The summed E-state index contributed by atoms with van der Waals surface area (Å²) < 4.78 is 21.3. The molecule has 1 aliphatic heterocycles. The third-order valence-electron chi connectivity index (χ3n) is 4.95. The molecule has 0 atom stereocenters. The van der Waals surface area contributed by atoms with E-state index in [0.29, 0.717) is 43.4 Å². The van der Waals surface area contributed by atoms with Gasteiger partial charge in [-0.1, -0.05) is 11.6 Å². The first-order chi connectivity index (χ1) is 13.5. The lowest BCUT2D eigenvalue weighted by molar-refractivity contribution is -0.137. The molecule has 7 heteroatoms. The summed E-state index contributed by atoms with van der Waals surface area (Å²) in [5.74, 6) is -0.378. The van der Waals surface area contributed by atoms with Crippen LogP contribution in [-0.2, 0) is 11.3 Å². The molecule has 0 saturated heterocycles. The zero-order valence-corrected chi connectivity index (χ0v) is 16.0. The van der Waals surface area contributed by atoms with E-state index in [-0.39, 0.29) is 12.2 Å². The number of carbonyl (C=O) groups is 1. The van der Waals surface area contributed by atoms with Crippen LogP contribution in [0.25, 0.3) is 16.6 Å². The number of benzene rings is 2. The van der Waals surface area contributed by atoms with Gasteiger partial charge in [-0.15, -0.1) is 0 Å². The molecule has 3 aromatic rings. The second kappa shape index (κ2) is 7.81. The van der Waals surface area contributed by atoms with Crippen LogP contribution in [0.5, 0.6) is 5.75 Å². The van der Waals surface area contributed by atoms with Crippen LogP contribution in [0.4, 0.5) is 4.39 Å². The standard InChI is InChI=1S/C21H20ClFN2O3/c22-18-12-17(25-7-5-14-10-16(23)3-4-19(14)25)11-15-13-24(6-1-2-20(26)27)8-9-28-21(15)18/h3-5,7,10-12H,1-2,6,8-9,13H2,(H,26,27). The van der Waals surface area contributed by atoms with Crippen molar-refractivity contribution in [1.29, 1.82) is 0 Å². The number of carboxylic acids is 1. The van der Waals surface area contributed by atoms with E-state index in [4.69, 9.17) is 21.4 Å². The summed E-state index contributed by atoms with van der Waals surface area (Å²) in [6.45, 7) is 2.54. The predicted octanol–water partition coefficient (Wildman–Crippen LogP) is 4.48. The Labute approximate surface area is 166 Å². The third-order valence-corrected chi connectivity index (χ3v) is 5.23. The molecule has 0 amide bonds. The van der Waals surface area contributed by atoms with Gasteiger partial charge in [-0.05, 0) is 49.4 Å². The monoisotopic (exact) mass is 402 g/mol. The Morgan fingerprint density at radius 2 is 2.11 bits per heavy atom. The molecule has 0 radical (unpaired) electrons. The van der Waals surface area contributed by atoms with Crippen molar-refractivity contribution < 1.29 is 19.0 Å². The summed E-state index contributed by atoms with van der Waals surface area (Å²) in [6.07, 6.45) is 2.63. The summed E-state index contributed by atoms with van der Waals surface area (Å²) in [6, 6.07) is 10.4. The molecule has 1 aromatic heterocycles. The molecule has 4 rings (SSSR count). The van der Waals surface area contributed by atoms with Gasteiger partial charge in [0, 0.05) is 42.3 Å². The zero-order chi connectivity index (χ0) is 19.7. The molecule has 0 bridgehead atoms. The van der Waals surface area contributed by atoms with Crippen LogP contribution in [-0.4, -0.2) is 40.2 Å². The van der Waals surface area contributed by atoms with Gasteiger partial charge in [-0.25, -0.2) is 4.39 Å². The summed E-state index contributed by atoms with van der Waals surface area (Å²) in [5, 5.41) is 10.2. The molecule has 1 aliphatic rings. The molecule has 146 valence electrons. The van der Waals surface area contributed by atoms with Gasteiger partial charge in [-0.3, -0.25) is 9.69 Å². The van der Waals surface area contributed by atoms with Gasteiger partial charge in [0.1, 0.15) is 18.2 Å². The number of hydrogen-bond donors (Lipinski definition) is 1. The summed E-state index contributed by atoms with van der Waals surface area (Å²) in [7, 11) is 0. The van der Waals surface area contributed by atoms with Gasteiger partial charge in [0.15, 0.2) is 0 Å². The Bertz CT molecular complexity index is 1030. The Hall–Kier alpha value is -2.57. The van der Waals surface area contributed by atoms with Crippen LogP contribution in [0.15, 0.2) is 42.6 Å². The van der Waals surface area contributed by atoms with E-state index in [1.807, 2.05) is 29.0 Å². The highest BCUT2D eigenvalue weighted by Crippen LogP contribution is 2.35. The minimum absolute atomic E-state index is 0.150. The number of fused-ring (bicyclic) bond motifs is 2. The topological polar surface area (TPSA) is 54.7 Å². The molecule has 0 aliphatic carbocycles. The largest absolute Gasteiger partial charge is 0.490 e. The van der Waals surface area contributed by atoms with Crippen molar-refractivity contribution in [2.24, 2.45) is 0 Å². The van der Waals surface area contributed by atoms with Gasteiger partial charge < -0.3 is 14.4 Å². The molecule has 2 aromatic carbocycles. The minimum Gasteiger partial charge on any atom is -0.490 e. The van der Waals surface area contributed by atoms with Crippen LogP contribution in [0.1, 0.15) is 18.4 Å². The average molecular weight is 403 g/mol. The fourth-order valence-electron chi connectivity index (χ4n) is 3.63. The van der Waals surface area contributed by atoms with E-state index in [0.717, 1.165) is 22.2 Å². The van der Waals surface area contributed by atoms with E-state index in [2.05, 4.69) is 4.90 Å². The van der Waals surface area contributed by atoms with Crippen LogP contribution in [0.3, 0.4) is 0 Å². The second-order valence-electron chi connectivity index (χ2n) is 6.93. The maximum absolute atomic E-state index is 13.5. The fraction of sp³-hybridized carbons (Fsp3) is 0.286. The number of aromatic nitrogens is 1. The van der Waals surface area contributed by atoms with Crippen LogP contribution in [0.2, 0.25) is 5.02 Å². The highest BCUT2D eigenvalue weighted by atomic mass is 35.5. The van der Waals surface area contributed by atoms with Gasteiger partial charge in [0.2, 0.25) is 0 Å². The Kier molecular flexibility index (Phi) is 5.24. The molecule has 0 fully saturated rings. The summed E-state index contributed by atoms with van der Waals surface area (Å²) in [5.41, 5.74) is 2.73. The number of nitrogens with zero attached hydrogens (tertiary/aromatic N) is 2. The highest BCUT2D eigenvalue weighted by Gasteiger charge is 2.20. The smallest absolute Gasteiger partial charge is 0.303 e. The van der Waals surface area contributed by atoms with E-state index in [1.165, 1.54) is 12.1 Å². The van der Waals surface area contributed by atoms with Crippen molar-refractivity contribution in [2.75, 3.05) is 19.7 Å². The average Bonchev–Trinajstić information content (AvgIpc) is 2.94. The van der Waals surface area contributed by atoms with E-state index in [1.54, 1.807) is 6.07 Å². The van der Waals surface area contributed by atoms with Crippen molar-refractivity contribution in [3.63, 3.8) is 0 Å². The minimum atomic E-state index is -0.785. The lowest BCUT2D eigenvalue weighted by atomic mass is 10.1. The van der Waals surface area contributed by atoms with E-state index in [9.17, 15) is 9.18 Å². The maximum atomic E-state index is 13.5. The van der Waals surface area contributed by atoms with Crippen molar-refractivity contribution in [2.45, 2.75) is 19.4 Å². The Balaban J connectivity index is 1.65. The number of hydrogen-bond acceptors (Lipinski definition) is 3. The molecule has 0 unspecified atom stereocenters. The lowest BCUT2D eigenvalue weighted by Crippen LogP contribution is -2.27. The number of ether oxygens (including phenoxy) is 1. The van der Waals surface area contributed by atoms with Crippen molar-refractivity contribution in [3.8, 4) is 11.4 Å². The van der Waals surface area contributed by atoms with Gasteiger partial charge >= 0.3 is 5.97 Å². The van der Waals surface area contributed by atoms with Crippen molar-refractivity contribution in [3.05, 3.63) is 59.0 Å². The number of halogens is 2. The summed E-state index contributed by atoms with van der Waals surface area (Å²) in [4.78, 5) is 12.9. The number of carboxylic acid groups (broad SMARTS) is 1. The molecular weight excluding hydrogens is 383 g/mol. The normalized spacial score (nSPS) is 14.5. The molecule has 0 saturated carbocycles. The molecule has 5 nitrogen and oxygen atoms in total. The Morgan fingerprint density at radius 3 is 2.93 bits per heavy atom. The van der Waals surface area contributed by atoms with Crippen LogP contribution >= 0.6 is 11.6 Å². The van der Waals surface area contributed by atoms with Crippen LogP contribution < -0.4 is 4.74 Å². The summed E-state index contributed by atoms with van der Waals surface area (Å²) >= 11 is 6.51. The third kappa shape index (κ3) is 3.84. The van der Waals surface area contributed by atoms with Gasteiger partial charge in [0.05, 0.1) is 10.5 Å². The van der Waals surface area contributed by atoms with Crippen molar-refractivity contribution in [1.82, 2.24) is 9.47 Å². The first-order valence-corrected chi connectivity index (χ1v) is 9.55. The lowest BCUT2D eigenvalue weighted by Gasteiger charge is -2.19. The second-order valence-corrected chi connectivity index (χ2v) is 7.33. The van der Waals surface area contributed by atoms with Gasteiger partial charge in [0.25, 0.3) is 0 Å². The predicted molar refractivity (Wildman–Crippen MR) is 106 cm³/mol. The molecular formula is C21H20ClFN2O3. The molecule has 0 spiro atoms. The van der Waals surface area contributed by atoms with Crippen molar-refractivity contribution >= 4 is 28.5 Å². The van der Waals surface area contributed by atoms with Gasteiger partial charge in [-0.2, -0.15) is 0 Å². The number of rotatable bonds is 5. The number of aliphatic carboxylic acids is 1. The maximum Gasteiger partial charge on any atom is 0.303 e. The first kappa shape index (κ1) is 18.8. The Morgan fingerprint density at radius 1 is 1.25 bits per heavy atom. The zero-order valence-electron chi connectivity index (χ0n) is 15.2. The van der Waals surface area contributed by atoms with Crippen LogP contribution in [0, 0.1) is 5.82 Å². The molecule has 28 heavy (non-hydrogen) atoms. The quantitative estimate of drug-likeness (QED) is 0.683. The molecule has 2 heterocycles. The van der Waals surface area contributed by atoms with E-state index < -0.39 is 5.97 Å². The van der Waals surface area contributed by atoms with E-state index >= 15 is 0 Å². The fourth-order valence-corrected chi connectivity index (χ4v) is 3.92. The molecule has 1 N–H and O–H groups in total. The SMILES string of the molecule is O=C(O)CCCN1CCOc2c(Cl)cc(-n3ccc4cc(F)ccc43)cc2C1. The first-order valence-electron chi connectivity index (χ1n) is 9.17.